The zero-order valence-corrected chi connectivity index (χ0v) is 27.4. The van der Waals surface area contributed by atoms with Crippen LogP contribution in [0.4, 0.5) is 4.79 Å². The van der Waals surface area contributed by atoms with E-state index in [0.717, 1.165) is 11.1 Å². The van der Waals surface area contributed by atoms with Gasteiger partial charge in [-0.3, -0.25) is 14.7 Å². The van der Waals surface area contributed by atoms with Crippen LogP contribution >= 0.6 is 23.2 Å². The monoisotopic (exact) mass is 638 g/mol. The quantitative estimate of drug-likeness (QED) is 0.272. The minimum Gasteiger partial charge on any atom is -0.443 e. The third-order valence-electron chi connectivity index (χ3n) is 6.59. The largest absolute Gasteiger partial charge is 0.443 e. The van der Waals surface area contributed by atoms with Gasteiger partial charge in [-0.2, -0.15) is 4.31 Å². The van der Waals surface area contributed by atoms with Crippen LogP contribution in [-0.4, -0.2) is 78.7 Å². The van der Waals surface area contributed by atoms with Crippen LogP contribution in [0.3, 0.4) is 0 Å². The highest BCUT2D eigenvalue weighted by Crippen LogP contribution is 2.32. The molecule has 9 nitrogen and oxygen atoms in total. The first kappa shape index (κ1) is 33.8. The van der Waals surface area contributed by atoms with E-state index in [4.69, 9.17) is 27.9 Å². The SMILES string of the molecule is CC(C)N(CCCCC(=O)N(C)Cc1ccc(C2=NCCN2C(=O)OC(C)(C)C)cc1)S(=O)(=O)c1c(Cl)cccc1Cl. The molecular weight excluding hydrogens is 599 g/mol. The summed E-state index contributed by atoms with van der Waals surface area (Å²) in [6, 6.07) is 11.9. The van der Waals surface area contributed by atoms with E-state index in [9.17, 15) is 18.0 Å². The minimum atomic E-state index is -3.91. The van der Waals surface area contributed by atoms with Crippen molar-refractivity contribution >= 4 is 51.1 Å². The Balaban J connectivity index is 1.53. The lowest BCUT2D eigenvalue weighted by molar-refractivity contribution is -0.130. The van der Waals surface area contributed by atoms with Gasteiger partial charge >= 0.3 is 6.09 Å². The predicted octanol–water partition coefficient (Wildman–Crippen LogP) is 6.22. The number of rotatable bonds is 11. The number of carbonyl (C=O) groups excluding carboxylic acids is 2. The standard InChI is InChI=1S/C30H40Cl2N4O5S/c1-21(2)36(42(39,40)27-24(31)10-9-11-25(27)32)18-8-7-12-26(37)34(6)20-22-13-15-23(16-14-22)28-33-17-19-35(28)29(38)41-30(3,4)5/h9-11,13-16,21H,7-8,12,17-20H2,1-6H3. The van der Waals surface area contributed by atoms with Crippen LogP contribution < -0.4 is 0 Å². The molecular formula is C30H40Cl2N4O5S. The van der Waals surface area contributed by atoms with E-state index in [1.165, 1.54) is 16.4 Å². The van der Waals surface area contributed by atoms with Crippen LogP contribution in [0.2, 0.25) is 10.0 Å². The first-order valence-electron chi connectivity index (χ1n) is 14.0. The van der Waals surface area contributed by atoms with Crippen molar-refractivity contribution in [3.05, 3.63) is 63.6 Å². The minimum absolute atomic E-state index is 0.0385. The highest BCUT2D eigenvalue weighted by Gasteiger charge is 2.31. The Morgan fingerprint density at radius 3 is 2.24 bits per heavy atom. The highest BCUT2D eigenvalue weighted by atomic mass is 35.5. The molecule has 0 bridgehead atoms. The molecule has 1 heterocycles. The maximum atomic E-state index is 13.3. The van der Waals surface area contributed by atoms with E-state index in [1.54, 1.807) is 36.8 Å². The number of aliphatic imine (C=N–C) groups is 1. The van der Waals surface area contributed by atoms with Crippen LogP contribution in [0.5, 0.6) is 0 Å². The van der Waals surface area contributed by atoms with Crippen LogP contribution in [0, 0.1) is 0 Å². The first-order chi connectivity index (χ1) is 19.6. The summed E-state index contributed by atoms with van der Waals surface area (Å²) in [5, 5.41) is 0.157. The topological polar surface area (TPSA) is 99.6 Å². The van der Waals surface area contributed by atoms with Crippen molar-refractivity contribution in [2.45, 2.75) is 77.0 Å². The van der Waals surface area contributed by atoms with Gasteiger partial charge in [-0.25, -0.2) is 13.2 Å². The summed E-state index contributed by atoms with van der Waals surface area (Å²) in [6.45, 7) is 10.7. The van der Waals surface area contributed by atoms with Crippen molar-refractivity contribution in [3.8, 4) is 0 Å². The molecule has 2 aromatic rings. The van der Waals surface area contributed by atoms with E-state index >= 15 is 0 Å². The molecule has 0 radical (unpaired) electrons. The Morgan fingerprint density at radius 2 is 1.67 bits per heavy atom. The summed E-state index contributed by atoms with van der Waals surface area (Å²) in [5.74, 6) is 0.540. The fourth-order valence-corrected chi connectivity index (χ4v) is 7.32. The molecule has 2 amide bonds. The molecule has 0 saturated carbocycles. The molecule has 0 aromatic heterocycles. The van der Waals surface area contributed by atoms with Crippen molar-refractivity contribution in [2.24, 2.45) is 4.99 Å². The van der Waals surface area contributed by atoms with Gasteiger partial charge in [0, 0.05) is 38.2 Å². The Hall–Kier alpha value is -2.66. The number of hydrogen-bond donors (Lipinski definition) is 0. The molecule has 230 valence electrons. The lowest BCUT2D eigenvalue weighted by atomic mass is 10.1. The Bertz CT molecular complexity index is 1390. The molecule has 0 saturated heterocycles. The van der Waals surface area contributed by atoms with E-state index in [-0.39, 0.29) is 39.9 Å². The lowest BCUT2D eigenvalue weighted by Gasteiger charge is -2.27. The molecule has 12 heteroatoms. The Morgan fingerprint density at radius 1 is 1.05 bits per heavy atom. The third-order valence-corrected chi connectivity index (χ3v) is 9.62. The van der Waals surface area contributed by atoms with Crippen LogP contribution in [-0.2, 0) is 26.1 Å². The molecule has 2 aromatic carbocycles. The average molecular weight is 640 g/mol. The molecule has 0 spiro atoms. The van der Waals surface area contributed by atoms with E-state index in [1.807, 2.05) is 45.0 Å². The summed E-state index contributed by atoms with van der Waals surface area (Å²) in [4.78, 5) is 33.0. The fourth-order valence-electron chi connectivity index (χ4n) is 4.55. The molecule has 3 rings (SSSR count). The number of sulfonamides is 1. The second-order valence-corrected chi connectivity index (χ2v) is 14.1. The van der Waals surface area contributed by atoms with Gasteiger partial charge in [0.15, 0.2) is 0 Å². The average Bonchev–Trinajstić information content (AvgIpc) is 3.37. The smallest absolute Gasteiger partial charge is 0.416 e. The molecule has 42 heavy (non-hydrogen) atoms. The summed E-state index contributed by atoms with van der Waals surface area (Å²) in [7, 11) is -2.17. The number of carbonyl (C=O) groups is 2. The van der Waals surface area contributed by atoms with Crippen molar-refractivity contribution in [1.82, 2.24) is 14.1 Å². The number of hydrogen-bond acceptors (Lipinski definition) is 6. The van der Waals surface area contributed by atoms with Crippen LogP contribution in [0.15, 0.2) is 52.4 Å². The van der Waals surface area contributed by atoms with Crippen molar-refractivity contribution < 1.29 is 22.7 Å². The molecule has 0 atom stereocenters. The number of unbranched alkanes of at least 4 members (excludes halogenated alkanes) is 1. The van der Waals surface area contributed by atoms with Crippen LogP contribution in [0.1, 0.15) is 65.0 Å². The molecule has 0 fully saturated rings. The fraction of sp³-hybridized carbons (Fsp3) is 0.500. The number of amides is 2. The maximum absolute atomic E-state index is 13.3. The van der Waals surface area contributed by atoms with Crippen LogP contribution in [0.25, 0.3) is 0 Å². The zero-order valence-electron chi connectivity index (χ0n) is 25.1. The van der Waals surface area contributed by atoms with E-state index < -0.39 is 21.7 Å². The number of ether oxygens (including phenoxy) is 1. The zero-order chi connectivity index (χ0) is 31.2. The van der Waals surface area contributed by atoms with E-state index in [0.29, 0.717) is 38.3 Å². The summed E-state index contributed by atoms with van der Waals surface area (Å²) in [6.07, 6.45) is 0.895. The van der Waals surface area contributed by atoms with Gasteiger partial charge in [0.05, 0.1) is 23.1 Å². The normalized spacial score (nSPS) is 14.0. The molecule has 0 unspecified atom stereocenters. The van der Waals surface area contributed by atoms with Gasteiger partial charge < -0.3 is 9.64 Å². The number of halogens is 2. The second-order valence-electron chi connectivity index (χ2n) is 11.5. The summed E-state index contributed by atoms with van der Waals surface area (Å²) >= 11 is 12.4. The molecule has 1 aliphatic rings. The number of benzene rings is 2. The highest BCUT2D eigenvalue weighted by molar-refractivity contribution is 7.89. The molecule has 1 aliphatic heterocycles. The Labute approximate surface area is 259 Å². The van der Waals surface area contributed by atoms with Crippen molar-refractivity contribution in [1.29, 1.82) is 0 Å². The first-order valence-corrected chi connectivity index (χ1v) is 16.2. The number of amidine groups is 1. The summed E-state index contributed by atoms with van der Waals surface area (Å²) in [5.41, 5.74) is 1.15. The van der Waals surface area contributed by atoms with Crippen molar-refractivity contribution in [2.75, 3.05) is 26.7 Å². The Kier molecular flexibility index (Phi) is 11.4. The molecule has 0 aliphatic carbocycles. The van der Waals surface area contributed by atoms with Gasteiger partial charge in [0.1, 0.15) is 16.3 Å². The summed E-state index contributed by atoms with van der Waals surface area (Å²) < 4.78 is 33.5. The van der Waals surface area contributed by atoms with Gasteiger partial charge in [-0.05, 0) is 65.2 Å². The second kappa shape index (κ2) is 14.2. The van der Waals surface area contributed by atoms with E-state index in [2.05, 4.69) is 4.99 Å². The number of nitrogens with zero attached hydrogens (tertiary/aromatic N) is 4. The maximum Gasteiger partial charge on any atom is 0.416 e. The van der Waals surface area contributed by atoms with Gasteiger partial charge in [-0.1, -0.05) is 53.5 Å². The van der Waals surface area contributed by atoms with Gasteiger partial charge in [0.2, 0.25) is 15.9 Å². The lowest BCUT2D eigenvalue weighted by Crippen LogP contribution is -2.39. The van der Waals surface area contributed by atoms with Gasteiger partial charge in [-0.15, -0.1) is 0 Å². The third kappa shape index (κ3) is 8.69. The van der Waals surface area contributed by atoms with Crippen molar-refractivity contribution in [3.63, 3.8) is 0 Å². The van der Waals surface area contributed by atoms with Gasteiger partial charge in [0.25, 0.3) is 0 Å². The predicted molar refractivity (Wildman–Crippen MR) is 167 cm³/mol. The molecule has 0 N–H and O–H groups in total.